The van der Waals surface area contributed by atoms with Crippen LogP contribution in [-0.2, 0) is 4.74 Å². The number of carboxylic acid groups (broad SMARTS) is 1. The highest BCUT2D eigenvalue weighted by Crippen LogP contribution is 2.39. The van der Waals surface area contributed by atoms with Crippen molar-refractivity contribution in [1.29, 1.82) is 0 Å². The molecule has 0 aliphatic carbocycles. The van der Waals surface area contributed by atoms with E-state index in [1.165, 1.54) is 12.1 Å². The van der Waals surface area contributed by atoms with Gasteiger partial charge < -0.3 is 9.84 Å². The molecule has 176 valence electrons. The molecule has 34 heavy (non-hydrogen) atoms. The van der Waals surface area contributed by atoms with Crippen LogP contribution in [-0.4, -0.2) is 35.4 Å². The lowest BCUT2D eigenvalue weighted by Gasteiger charge is -2.43. The largest absolute Gasteiger partial charge is 0.506 e. The third-order valence-corrected chi connectivity index (χ3v) is 6.27. The van der Waals surface area contributed by atoms with Crippen LogP contribution in [0.25, 0.3) is 5.57 Å². The number of rotatable bonds is 6. The molecule has 0 spiro atoms. The Labute approximate surface area is 206 Å². The van der Waals surface area contributed by atoms with Gasteiger partial charge in [-0.05, 0) is 65.6 Å². The van der Waals surface area contributed by atoms with E-state index in [0.717, 1.165) is 22.8 Å². The summed E-state index contributed by atoms with van der Waals surface area (Å²) in [6, 6.07) is 18.1. The molecule has 0 radical (unpaired) electrons. The number of halogens is 4. The van der Waals surface area contributed by atoms with E-state index in [2.05, 4.69) is 4.90 Å². The SMILES string of the molecule is CC(OC(=O)O)C(=C1CN(C(c2ccc(Cl)cc2)c2ccc(Cl)cc2)C1)c1cc(F)cc(F)c1. The number of likely N-dealkylation sites (tertiary alicyclic amines) is 1. The zero-order valence-electron chi connectivity index (χ0n) is 18.1. The number of benzene rings is 3. The van der Waals surface area contributed by atoms with Crippen molar-refractivity contribution in [1.82, 2.24) is 4.90 Å². The van der Waals surface area contributed by atoms with Crippen molar-refractivity contribution in [2.75, 3.05) is 13.1 Å². The van der Waals surface area contributed by atoms with Gasteiger partial charge in [0, 0.05) is 34.8 Å². The molecule has 3 aromatic rings. The summed E-state index contributed by atoms with van der Waals surface area (Å²) in [5, 5.41) is 10.4. The normalized spacial score (nSPS) is 14.6. The van der Waals surface area contributed by atoms with Crippen LogP contribution in [0.3, 0.4) is 0 Å². The van der Waals surface area contributed by atoms with Crippen molar-refractivity contribution < 1.29 is 23.4 Å². The molecule has 1 unspecified atom stereocenters. The topological polar surface area (TPSA) is 49.8 Å². The second kappa shape index (κ2) is 10.1. The molecule has 0 saturated carbocycles. The average molecular weight is 504 g/mol. The first-order valence-electron chi connectivity index (χ1n) is 10.5. The minimum absolute atomic E-state index is 0.125. The summed E-state index contributed by atoms with van der Waals surface area (Å²) >= 11 is 12.2. The van der Waals surface area contributed by atoms with Crippen LogP contribution in [0.1, 0.15) is 29.7 Å². The second-order valence-electron chi connectivity index (χ2n) is 8.11. The number of nitrogens with zero attached hydrogens (tertiary/aromatic N) is 1. The van der Waals surface area contributed by atoms with E-state index >= 15 is 0 Å². The Hall–Kier alpha value is -2.93. The molecule has 1 heterocycles. The maximum Gasteiger partial charge on any atom is 0.506 e. The van der Waals surface area contributed by atoms with Gasteiger partial charge in [-0.1, -0.05) is 47.5 Å². The molecule has 1 aliphatic rings. The first kappa shape index (κ1) is 24.2. The van der Waals surface area contributed by atoms with Gasteiger partial charge in [0.05, 0.1) is 6.04 Å². The smallest absolute Gasteiger partial charge is 0.450 e. The van der Waals surface area contributed by atoms with Gasteiger partial charge in [-0.3, -0.25) is 4.90 Å². The minimum atomic E-state index is -1.46. The Kier molecular flexibility index (Phi) is 7.22. The van der Waals surface area contributed by atoms with Crippen LogP contribution in [0.5, 0.6) is 0 Å². The van der Waals surface area contributed by atoms with E-state index in [0.29, 0.717) is 28.7 Å². The maximum absolute atomic E-state index is 14.0. The lowest BCUT2D eigenvalue weighted by molar-refractivity contribution is 0.0771. The van der Waals surface area contributed by atoms with Crippen molar-refractivity contribution in [3.63, 3.8) is 0 Å². The molecule has 0 bridgehead atoms. The summed E-state index contributed by atoms with van der Waals surface area (Å²) in [6.45, 7) is 2.46. The highest BCUT2D eigenvalue weighted by Gasteiger charge is 2.34. The van der Waals surface area contributed by atoms with E-state index in [1.54, 1.807) is 6.92 Å². The van der Waals surface area contributed by atoms with Gasteiger partial charge in [0.15, 0.2) is 0 Å². The molecule has 1 fully saturated rings. The van der Waals surface area contributed by atoms with Gasteiger partial charge in [-0.2, -0.15) is 0 Å². The van der Waals surface area contributed by atoms with E-state index in [1.807, 2.05) is 48.5 Å². The van der Waals surface area contributed by atoms with Crippen LogP contribution >= 0.6 is 23.2 Å². The van der Waals surface area contributed by atoms with Crippen molar-refractivity contribution >= 4 is 34.9 Å². The van der Waals surface area contributed by atoms with Crippen molar-refractivity contribution in [2.45, 2.75) is 19.1 Å². The highest BCUT2D eigenvalue weighted by molar-refractivity contribution is 6.30. The standard InChI is InChI=1S/C26H21Cl2F2NO3/c1-15(34-26(32)33)24(18-10-22(29)12-23(30)11-18)19-13-31(14-19)25(16-2-6-20(27)7-3-16)17-4-8-21(28)9-5-17/h2-12,15,25H,13-14H2,1H3,(H,32,33). The number of hydrogen-bond acceptors (Lipinski definition) is 3. The lowest BCUT2D eigenvalue weighted by atomic mass is 9.87. The summed E-state index contributed by atoms with van der Waals surface area (Å²) in [5.41, 5.74) is 3.59. The van der Waals surface area contributed by atoms with E-state index in [9.17, 15) is 13.6 Å². The van der Waals surface area contributed by atoms with Gasteiger partial charge in [0.1, 0.15) is 17.7 Å². The fourth-order valence-electron chi connectivity index (χ4n) is 4.35. The Morgan fingerprint density at radius 1 is 0.912 bits per heavy atom. The number of hydrogen-bond donors (Lipinski definition) is 1. The van der Waals surface area contributed by atoms with Gasteiger partial charge in [0.2, 0.25) is 0 Å². The molecule has 4 nitrogen and oxygen atoms in total. The summed E-state index contributed by atoms with van der Waals surface area (Å²) in [5.74, 6) is -1.49. The summed E-state index contributed by atoms with van der Waals surface area (Å²) in [4.78, 5) is 13.4. The third-order valence-electron chi connectivity index (χ3n) is 5.76. The van der Waals surface area contributed by atoms with E-state index in [4.69, 9.17) is 33.0 Å². The fraction of sp³-hybridized carbons (Fsp3) is 0.192. The Balaban J connectivity index is 1.71. The number of carbonyl (C=O) groups is 1. The number of ether oxygens (including phenoxy) is 1. The molecule has 3 aromatic carbocycles. The average Bonchev–Trinajstić information content (AvgIpc) is 2.73. The molecular formula is C26H21Cl2F2NO3. The van der Waals surface area contributed by atoms with Crippen LogP contribution in [0.4, 0.5) is 13.6 Å². The van der Waals surface area contributed by atoms with Crippen molar-refractivity contribution in [2.24, 2.45) is 0 Å². The zero-order chi connectivity index (χ0) is 24.4. The fourth-order valence-corrected chi connectivity index (χ4v) is 4.60. The predicted octanol–water partition coefficient (Wildman–Crippen LogP) is 7.21. The van der Waals surface area contributed by atoms with Crippen molar-refractivity contribution in [3.8, 4) is 0 Å². The van der Waals surface area contributed by atoms with Crippen LogP contribution in [0, 0.1) is 11.6 Å². The predicted molar refractivity (Wildman–Crippen MR) is 128 cm³/mol. The summed E-state index contributed by atoms with van der Waals surface area (Å²) in [7, 11) is 0. The molecule has 8 heteroatoms. The molecule has 1 saturated heterocycles. The molecule has 4 rings (SSSR count). The van der Waals surface area contributed by atoms with Gasteiger partial charge in [0.25, 0.3) is 0 Å². The van der Waals surface area contributed by atoms with Gasteiger partial charge >= 0.3 is 6.16 Å². The minimum Gasteiger partial charge on any atom is -0.450 e. The van der Waals surface area contributed by atoms with Crippen LogP contribution in [0.2, 0.25) is 10.0 Å². The Morgan fingerprint density at radius 3 is 1.82 bits per heavy atom. The first-order chi connectivity index (χ1) is 16.2. The van der Waals surface area contributed by atoms with Gasteiger partial charge in [-0.25, -0.2) is 13.6 Å². The van der Waals surface area contributed by atoms with E-state index in [-0.39, 0.29) is 11.6 Å². The lowest BCUT2D eigenvalue weighted by Crippen LogP contribution is -2.44. The Bertz CT molecular complexity index is 1160. The quantitative estimate of drug-likeness (QED) is 0.361. The molecule has 1 N–H and O–H groups in total. The zero-order valence-corrected chi connectivity index (χ0v) is 19.7. The molecule has 0 aromatic heterocycles. The van der Waals surface area contributed by atoms with Crippen LogP contribution in [0.15, 0.2) is 72.3 Å². The third kappa shape index (κ3) is 5.41. The summed E-state index contributed by atoms with van der Waals surface area (Å²) in [6.07, 6.45) is -2.36. The first-order valence-corrected chi connectivity index (χ1v) is 11.3. The van der Waals surface area contributed by atoms with E-state index < -0.39 is 23.9 Å². The molecular weight excluding hydrogens is 483 g/mol. The molecule has 0 amide bonds. The molecule has 1 atom stereocenters. The monoisotopic (exact) mass is 503 g/mol. The van der Waals surface area contributed by atoms with Crippen LogP contribution < -0.4 is 0 Å². The molecule has 1 aliphatic heterocycles. The highest BCUT2D eigenvalue weighted by atomic mass is 35.5. The summed E-state index contributed by atoms with van der Waals surface area (Å²) < 4.78 is 32.9. The second-order valence-corrected chi connectivity index (χ2v) is 8.98. The van der Waals surface area contributed by atoms with Crippen molar-refractivity contribution in [3.05, 3.63) is 111 Å². The Morgan fingerprint density at radius 2 is 1.38 bits per heavy atom. The van der Waals surface area contributed by atoms with Gasteiger partial charge in [-0.15, -0.1) is 0 Å². The maximum atomic E-state index is 14.0.